The van der Waals surface area contributed by atoms with Crippen molar-refractivity contribution in [2.24, 2.45) is 5.73 Å². The molecule has 2 aromatic rings. The lowest BCUT2D eigenvalue weighted by Gasteiger charge is -2.27. The first-order valence-corrected chi connectivity index (χ1v) is 11.9. The van der Waals surface area contributed by atoms with Gasteiger partial charge in [-0.15, -0.1) is 0 Å². The minimum absolute atomic E-state index is 0.0686. The largest absolute Gasteiger partial charge is 0.444 e. The number of nitrogens with one attached hydrogen (secondary N) is 1. The zero-order chi connectivity index (χ0) is 28.1. The van der Waals surface area contributed by atoms with Crippen molar-refractivity contribution in [3.63, 3.8) is 0 Å². The first kappa shape index (κ1) is 28.5. The van der Waals surface area contributed by atoms with E-state index in [4.69, 9.17) is 10.5 Å². The Bertz CT molecular complexity index is 1270. The van der Waals surface area contributed by atoms with Crippen molar-refractivity contribution < 1.29 is 32.7 Å². The Kier molecular flexibility index (Phi) is 8.63. The molecule has 1 heterocycles. The zero-order valence-electron chi connectivity index (χ0n) is 21.3. The van der Waals surface area contributed by atoms with Crippen LogP contribution in [0.1, 0.15) is 59.0 Å². The number of ether oxygens (including phenoxy) is 1. The van der Waals surface area contributed by atoms with Crippen molar-refractivity contribution >= 4 is 23.6 Å². The van der Waals surface area contributed by atoms with Crippen LogP contribution in [0.5, 0.6) is 0 Å². The molecule has 0 radical (unpaired) electrons. The summed E-state index contributed by atoms with van der Waals surface area (Å²) in [5.74, 6) is 1.21. The van der Waals surface area contributed by atoms with Gasteiger partial charge < -0.3 is 15.8 Å². The van der Waals surface area contributed by atoms with E-state index in [9.17, 15) is 28.0 Å². The van der Waals surface area contributed by atoms with Crippen molar-refractivity contribution in [1.29, 1.82) is 0 Å². The summed E-state index contributed by atoms with van der Waals surface area (Å²) in [6.45, 7) is 3.34. The number of nitrogens with two attached hydrogens (primary N) is 1. The summed E-state index contributed by atoms with van der Waals surface area (Å²) in [7, 11) is 0. The topological polar surface area (TPSA) is 119 Å². The zero-order valence-corrected chi connectivity index (χ0v) is 21.3. The second-order valence-electron chi connectivity index (χ2n) is 9.86. The summed E-state index contributed by atoms with van der Waals surface area (Å²) >= 11 is 0. The second-order valence-corrected chi connectivity index (χ2v) is 9.86. The van der Waals surface area contributed by atoms with Gasteiger partial charge in [-0.1, -0.05) is 36.1 Å². The summed E-state index contributed by atoms with van der Waals surface area (Å²) in [5.41, 5.74) is 6.56. The van der Waals surface area contributed by atoms with Crippen LogP contribution in [0.2, 0.25) is 0 Å². The van der Waals surface area contributed by atoms with Gasteiger partial charge in [-0.2, -0.15) is 0 Å². The number of hydrogen-bond donors (Lipinski definition) is 2. The summed E-state index contributed by atoms with van der Waals surface area (Å²) in [6.07, 6.45) is -1.87. The maximum atomic E-state index is 14.0. The van der Waals surface area contributed by atoms with E-state index < -0.39 is 54.9 Å². The minimum atomic E-state index is -3.25. The maximum absolute atomic E-state index is 14.0. The first-order chi connectivity index (χ1) is 17.8. The van der Waals surface area contributed by atoms with Crippen LogP contribution in [0.15, 0.2) is 48.5 Å². The summed E-state index contributed by atoms with van der Waals surface area (Å²) in [6, 6.07) is 11.6. The van der Waals surface area contributed by atoms with Crippen LogP contribution < -0.4 is 11.1 Å². The van der Waals surface area contributed by atoms with Crippen LogP contribution in [0.3, 0.4) is 0 Å². The van der Waals surface area contributed by atoms with Gasteiger partial charge in [0.15, 0.2) is 11.6 Å². The van der Waals surface area contributed by atoms with Crippen molar-refractivity contribution in [2.45, 2.75) is 44.8 Å². The van der Waals surface area contributed by atoms with Crippen LogP contribution in [-0.2, 0) is 9.53 Å². The van der Waals surface area contributed by atoms with Crippen molar-refractivity contribution in [1.82, 2.24) is 10.2 Å². The van der Waals surface area contributed by atoms with Crippen LogP contribution in [0.25, 0.3) is 0 Å². The quantitative estimate of drug-likeness (QED) is 0.442. The predicted molar refractivity (Wildman–Crippen MR) is 136 cm³/mol. The molecule has 10 heteroatoms. The lowest BCUT2D eigenvalue weighted by molar-refractivity contribution is -0.125. The molecule has 1 aliphatic heterocycles. The van der Waals surface area contributed by atoms with Gasteiger partial charge in [0.05, 0.1) is 19.6 Å². The molecule has 38 heavy (non-hydrogen) atoms. The molecule has 2 aromatic carbocycles. The third-order valence-electron chi connectivity index (χ3n) is 5.57. The molecule has 0 saturated carbocycles. The molecule has 1 saturated heterocycles. The van der Waals surface area contributed by atoms with Gasteiger partial charge in [0.2, 0.25) is 5.91 Å². The molecule has 200 valence electrons. The molecule has 0 bridgehead atoms. The van der Waals surface area contributed by atoms with E-state index in [1.54, 1.807) is 57.2 Å². The molecule has 8 nitrogen and oxygen atoms in total. The van der Waals surface area contributed by atoms with Gasteiger partial charge in [-0.25, -0.2) is 13.6 Å². The number of benzene rings is 2. The Balaban J connectivity index is 1.59. The molecular formula is C28H29F2N3O5. The number of carbonyl (C=O) groups is 4. The van der Waals surface area contributed by atoms with Crippen LogP contribution >= 0.6 is 0 Å². The van der Waals surface area contributed by atoms with E-state index in [1.165, 1.54) is 12.1 Å². The molecule has 1 atom stereocenters. The highest BCUT2D eigenvalue weighted by Crippen LogP contribution is 2.33. The number of hydrogen-bond acceptors (Lipinski definition) is 6. The maximum Gasteiger partial charge on any atom is 0.411 e. The molecule has 2 amide bonds. The number of Topliss-reactive ketones (excluding diaryl/α,β-unsaturated/α-hetero) is 2. The molecule has 0 aromatic heterocycles. The van der Waals surface area contributed by atoms with Gasteiger partial charge >= 0.3 is 6.09 Å². The number of halogens is 2. The van der Waals surface area contributed by atoms with Gasteiger partial charge in [0.25, 0.3) is 5.92 Å². The lowest BCUT2D eigenvalue weighted by atomic mass is 10.1. The third-order valence-corrected chi connectivity index (χ3v) is 5.57. The fourth-order valence-corrected chi connectivity index (χ4v) is 3.69. The highest BCUT2D eigenvalue weighted by atomic mass is 19.3. The Hall–Kier alpha value is -4.10. The normalized spacial score (nSPS) is 16.3. The SMILES string of the molecule is CC(C)(C)OC(=O)N1CC(F)(F)C[C@H]1C(=O)NCC(=O)c1ccc(C#Cc2ccc(C(=O)CN)cc2)cc1. The van der Waals surface area contributed by atoms with Gasteiger partial charge in [0, 0.05) is 28.7 Å². The number of amides is 2. The number of ketones is 2. The van der Waals surface area contributed by atoms with E-state index in [0.717, 1.165) is 0 Å². The minimum Gasteiger partial charge on any atom is -0.444 e. The van der Waals surface area contributed by atoms with E-state index in [2.05, 4.69) is 17.2 Å². The molecule has 0 aliphatic carbocycles. The standard InChI is InChI=1S/C28H29F2N3O5/c1-27(2,3)38-26(37)33-17-28(29,30)14-22(33)25(36)32-16-24(35)21-12-8-19(9-13-21)5-4-18-6-10-20(11-7-18)23(34)15-31/h6-13,22H,14-17,31H2,1-3H3,(H,32,36)/t22-/m0/s1. The van der Waals surface area contributed by atoms with Crippen molar-refractivity contribution in [2.75, 3.05) is 19.6 Å². The summed E-state index contributed by atoms with van der Waals surface area (Å²) in [5, 5.41) is 2.36. The number of alkyl halides is 2. The third kappa shape index (κ3) is 7.70. The lowest BCUT2D eigenvalue weighted by Crippen LogP contribution is -2.48. The van der Waals surface area contributed by atoms with Crippen molar-refractivity contribution in [3.05, 3.63) is 70.8 Å². The average Bonchev–Trinajstić information content (AvgIpc) is 3.20. The fraction of sp³-hybridized carbons (Fsp3) is 0.357. The molecule has 1 fully saturated rings. The van der Waals surface area contributed by atoms with Gasteiger partial charge in [-0.05, 0) is 45.0 Å². The smallest absolute Gasteiger partial charge is 0.411 e. The molecular weight excluding hydrogens is 496 g/mol. The summed E-state index contributed by atoms with van der Waals surface area (Å²) in [4.78, 5) is 49.8. The molecule has 3 N–H and O–H groups in total. The number of carbonyl (C=O) groups excluding carboxylic acids is 4. The Morgan fingerprint density at radius 3 is 1.95 bits per heavy atom. The highest BCUT2D eigenvalue weighted by Gasteiger charge is 2.51. The van der Waals surface area contributed by atoms with E-state index in [0.29, 0.717) is 27.2 Å². The fourth-order valence-electron chi connectivity index (χ4n) is 3.69. The number of rotatable bonds is 6. The highest BCUT2D eigenvalue weighted by molar-refractivity contribution is 6.00. The second kappa shape index (κ2) is 11.5. The predicted octanol–water partition coefficient (Wildman–Crippen LogP) is 3.17. The van der Waals surface area contributed by atoms with Crippen LogP contribution in [-0.4, -0.2) is 65.7 Å². The van der Waals surface area contributed by atoms with Crippen molar-refractivity contribution in [3.8, 4) is 11.8 Å². The Morgan fingerprint density at radius 2 is 1.47 bits per heavy atom. The molecule has 3 rings (SSSR count). The molecule has 0 unspecified atom stereocenters. The van der Waals surface area contributed by atoms with E-state index in [-0.39, 0.29) is 12.3 Å². The molecule has 1 aliphatic rings. The van der Waals surface area contributed by atoms with Gasteiger partial charge in [0.1, 0.15) is 11.6 Å². The number of likely N-dealkylation sites (tertiary alicyclic amines) is 1. The Labute approximate surface area is 219 Å². The molecule has 0 spiro atoms. The first-order valence-electron chi connectivity index (χ1n) is 11.9. The van der Waals surface area contributed by atoms with E-state index >= 15 is 0 Å². The average molecular weight is 526 g/mol. The monoisotopic (exact) mass is 525 g/mol. The van der Waals surface area contributed by atoms with Crippen LogP contribution in [0.4, 0.5) is 13.6 Å². The van der Waals surface area contributed by atoms with E-state index in [1.807, 2.05) is 0 Å². The number of nitrogens with zero attached hydrogens (tertiary/aromatic N) is 1. The van der Waals surface area contributed by atoms with Crippen LogP contribution in [0, 0.1) is 11.8 Å². The Morgan fingerprint density at radius 1 is 0.974 bits per heavy atom. The van der Waals surface area contributed by atoms with Gasteiger partial charge in [-0.3, -0.25) is 19.3 Å². The summed E-state index contributed by atoms with van der Waals surface area (Å²) < 4.78 is 33.2.